The van der Waals surface area contributed by atoms with E-state index in [1.807, 2.05) is 0 Å². The molecule has 2 spiro atoms. The van der Waals surface area contributed by atoms with E-state index in [1.165, 1.54) is 156 Å². The Bertz CT molecular complexity index is 5360. The lowest BCUT2D eigenvalue weighted by atomic mass is 9.33. The number of hydrogen-bond acceptors (Lipinski definition) is 2. The fourth-order valence-corrected chi connectivity index (χ4v) is 18.8. The van der Waals surface area contributed by atoms with Crippen LogP contribution in [-0.2, 0) is 16.2 Å². The van der Waals surface area contributed by atoms with Crippen molar-refractivity contribution >= 4 is 57.2 Å². The lowest BCUT2D eigenvalue weighted by molar-refractivity contribution is 0.590. The molecule has 0 saturated carbocycles. The van der Waals surface area contributed by atoms with Gasteiger partial charge < -0.3 is 9.80 Å². The maximum absolute atomic E-state index is 2.73. The van der Waals surface area contributed by atoms with Crippen molar-refractivity contribution in [2.24, 2.45) is 0 Å². The van der Waals surface area contributed by atoms with Crippen LogP contribution in [0.3, 0.4) is 0 Å². The molecule has 99 heavy (non-hydrogen) atoms. The molecular formula is C96H65BN2. The molecule has 0 radical (unpaired) electrons. The van der Waals surface area contributed by atoms with Gasteiger partial charge in [0.05, 0.1) is 10.8 Å². The van der Waals surface area contributed by atoms with Crippen molar-refractivity contribution < 1.29 is 0 Å². The molecule has 462 valence electrons. The fourth-order valence-electron chi connectivity index (χ4n) is 18.8. The monoisotopic (exact) mass is 1260 g/mol. The number of nitrogens with zero attached hydrogens (tertiary/aromatic N) is 2. The second kappa shape index (κ2) is 20.7. The van der Waals surface area contributed by atoms with Crippen LogP contribution in [0, 0.1) is 0 Å². The third-order valence-electron chi connectivity index (χ3n) is 22.9. The van der Waals surface area contributed by atoms with E-state index in [9.17, 15) is 0 Å². The summed E-state index contributed by atoms with van der Waals surface area (Å²) in [5.41, 5.74) is 40.9. The third kappa shape index (κ3) is 7.73. The summed E-state index contributed by atoms with van der Waals surface area (Å²) in [5.74, 6) is 0. The highest BCUT2D eigenvalue weighted by molar-refractivity contribution is 7.00. The van der Waals surface area contributed by atoms with Gasteiger partial charge in [-0.2, -0.15) is 0 Å². The first kappa shape index (κ1) is 56.2. The average molecular weight is 1260 g/mol. The van der Waals surface area contributed by atoms with Crippen molar-refractivity contribution in [2.75, 3.05) is 9.80 Å². The molecule has 2 nitrogen and oxygen atoms in total. The Morgan fingerprint density at radius 2 is 0.495 bits per heavy atom. The van der Waals surface area contributed by atoms with E-state index in [2.05, 4.69) is 370 Å². The summed E-state index contributed by atoms with van der Waals surface area (Å²) >= 11 is 0. The standard InChI is InChI=1S/C96H65BN2/c1-94(2,3)68-54-91-93-92(55-68)99(70-52-66(62-32-12-6-13-33-62)49-67(53-70)63-34-14-7-15-35-63)90-57-78-76-41-21-27-47-84(76)96(81-44-24-18-38-73(81)74-39-19-25-45-82(74)96)86(78)59-88(90)97(93)87-58-85-77(75-40-20-26-46-83(75)95(85)79-42-22-16-36-71(79)72-37-17-23-43-80(72)95)56-89(87)98(91)69-50-64(60-28-8-4-9-29-60)48-65(51-69)61-30-10-5-11-31-61/h4-59H,1-3H3. The molecule has 0 aromatic heterocycles. The van der Waals surface area contributed by atoms with Gasteiger partial charge >= 0.3 is 0 Å². The first-order chi connectivity index (χ1) is 48.7. The summed E-state index contributed by atoms with van der Waals surface area (Å²) in [6.07, 6.45) is 0. The molecule has 21 rings (SSSR count). The number of fused-ring (bicyclic) bond motifs is 24. The highest BCUT2D eigenvalue weighted by atomic mass is 15.2. The molecule has 2 heterocycles. The predicted octanol–water partition coefficient (Wildman–Crippen LogP) is 22.4. The van der Waals surface area contributed by atoms with Gasteiger partial charge in [-0.25, -0.2) is 0 Å². The van der Waals surface area contributed by atoms with Crippen molar-refractivity contribution in [3.8, 4) is 89.0 Å². The second-order valence-electron chi connectivity index (χ2n) is 29.0. The van der Waals surface area contributed by atoms with Crippen LogP contribution in [0.1, 0.15) is 70.8 Å². The SMILES string of the molecule is CC(C)(C)c1cc2c3c(c1)N(c1cc(-c4ccccc4)cc(-c4ccccc4)c1)c1cc4c(cc1B3c1cc3c(cc1N2c1cc(-c2ccccc2)cc(-c2ccccc2)c1)-c1ccccc1C31c2ccccc2-c2ccccc21)C1(c2ccccc2-c2ccccc21)c1ccccc1-4. The molecule has 15 aromatic carbocycles. The van der Waals surface area contributed by atoms with E-state index in [1.54, 1.807) is 0 Å². The van der Waals surface area contributed by atoms with Crippen LogP contribution in [0.2, 0.25) is 0 Å². The normalized spacial score (nSPS) is 14.3. The lowest BCUT2D eigenvalue weighted by Crippen LogP contribution is -2.62. The van der Waals surface area contributed by atoms with Crippen LogP contribution in [0.25, 0.3) is 89.0 Å². The third-order valence-corrected chi connectivity index (χ3v) is 22.9. The van der Waals surface area contributed by atoms with Gasteiger partial charge in [-0.1, -0.05) is 300 Å². The zero-order chi connectivity index (χ0) is 65.5. The van der Waals surface area contributed by atoms with Crippen molar-refractivity contribution in [3.63, 3.8) is 0 Å². The number of anilines is 6. The van der Waals surface area contributed by atoms with E-state index in [4.69, 9.17) is 0 Å². The van der Waals surface area contributed by atoms with E-state index in [-0.39, 0.29) is 12.1 Å². The van der Waals surface area contributed by atoms with E-state index < -0.39 is 10.8 Å². The zero-order valence-electron chi connectivity index (χ0n) is 55.3. The van der Waals surface area contributed by atoms with Crippen LogP contribution in [0.5, 0.6) is 0 Å². The minimum absolute atomic E-state index is 0.255. The Balaban J connectivity index is 0.945. The highest BCUT2D eigenvalue weighted by Crippen LogP contribution is 2.66. The van der Waals surface area contributed by atoms with Crippen LogP contribution < -0.4 is 26.2 Å². The van der Waals surface area contributed by atoms with Gasteiger partial charge in [-0.15, -0.1) is 0 Å². The molecular weight excluding hydrogens is 1190 g/mol. The summed E-state index contributed by atoms with van der Waals surface area (Å²) in [4.78, 5) is 5.41. The van der Waals surface area contributed by atoms with E-state index >= 15 is 0 Å². The zero-order valence-corrected chi connectivity index (χ0v) is 55.3. The molecule has 2 aliphatic heterocycles. The van der Waals surface area contributed by atoms with Crippen molar-refractivity contribution in [1.82, 2.24) is 0 Å². The van der Waals surface area contributed by atoms with Gasteiger partial charge in [0.15, 0.2) is 0 Å². The minimum Gasteiger partial charge on any atom is -0.311 e. The van der Waals surface area contributed by atoms with E-state index in [0.717, 1.165) is 33.6 Å². The molecule has 4 aliphatic carbocycles. The molecule has 0 bridgehead atoms. The quantitative estimate of drug-likeness (QED) is 0.153. The molecule has 0 unspecified atom stereocenters. The van der Waals surface area contributed by atoms with Gasteiger partial charge in [0.1, 0.15) is 0 Å². The van der Waals surface area contributed by atoms with Crippen LogP contribution in [-0.4, -0.2) is 6.71 Å². The summed E-state index contributed by atoms with van der Waals surface area (Å²) in [6.45, 7) is 6.94. The number of hydrogen-bond donors (Lipinski definition) is 0. The molecule has 0 amide bonds. The van der Waals surface area contributed by atoms with Crippen molar-refractivity contribution in [1.29, 1.82) is 0 Å². The van der Waals surface area contributed by atoms with Gasteiger partial charge in [0.25, 0.3) is 6.71 Å². The summed E-state index contributed by atoms with van der Waals surface area (Å²) in [5, 5.41) is 0. The fraction of sp³-hybridized carbons (Fsp3) is 0.0625. The van der Waals surface area contributed by atoms with Crippen LogP contribution in [0.4, 0.5) is 34.1 Å². The Labute approximate surface area is 579 Å². The van der Waals surface area contributed by atoms with E-state index in [0.29, 0.717) is 0 Å². The average Bonchev–Trinajstić information content (AvgIpc) is 1.56. The van der Waals surface area contributed by atoms with Gasteiger partial charge in [0, 0.05) is 34.1 Å². The minimum atomic E-state index is -0.595. The van der Waals surface area contributed by atoms with Crippen LogP contribution in [0.15, 0.2) is 340 Å². The van der Waals surface area contributed by atoms with Gasteiger partial charge in [-0.3, -0.25) is 0 Å². The first-order valence-corrected chi connectivity index (χ1v) is 35.0. The topological polar surface area (TPSA) is 6.48 Å². The molecule has 6 aliphatic rings. The summed E-state index contributed by atoms with van der Waals surface area (Å²) in [6, 6.07) is 131. The smallest absolute Gasteiger partial charge is 0.252 e. The van der Waals surface area contributed by atoms with Crippen molar-refractivity contribution in [2.45, 2.75) is 37.0 Å². The Morgan fingerprint density at radius 3 is 0.778 bits per heavy atom. The predicted molar refractivity (Wildman–Crippen MR) is 414 cm³/mol. The number of benzene rings is 15. The maximum atomic E-state index is 2.73. The first-order valence-electron chi connectivity index (χ1n) is 35.0. The molecule has 0 atom stereocenters. The maximum Gasteiger partial charge on any atom is 0.252 e. The second-order valence-corrected chi connectivity index (χ2v) is 29.0. The molecule has 0 saturated heterocycles. The molecule has 15 aromatic rings. The summed E-state index contributed by atoms with van der Waals surface area (Å²) in [7, 11) is 0. The highest BCUT2D eigenvalue weighted by Gasteiger charge is 2.56. The molecule has 0 N–H and O–H groups in total. The largest absolute Gasteiger partial charge is 0.311 e. The molecule has 3 heteroatoms. The Morgan fingerprint density at radius 1 is 0.232 bits per heavy atom. The van der Waals surface area contributed by atoms with Crippen LogP contribution >= 0.6 is 0 Å². The van der Waals surface area contributed by atoms with Gasteiger partial charge in [0.2, 0.25) is 0 Å². The van der Waals surface area contributed by atoms with Gasteiger partial charge in [-0.05, 0) is 222 Å². The summed E-state index contributed by atoms with van der Waals surface area (Å²) < 4.78 is 0. The lowest BCUT2D eigenvalue weighted by Gasteiger charge is -2.46. The molecule has 0 fully saturated rings. The van der Waals surface area contributed by atoms with Crippen molar-refractivity contribution in [3.05, 3.63) is 390 Å². The Hall–Kier alpha value is -12.0. The Kier molecular flexibility index (Phi) is 11.8. The number of rotatable bonds is 6.